The van der Waals surface area contributed by atoms with Crippen LogP contribution in [0.25, 0.3) is 0 Å². The van der Waals surface area contributed by atoms with Gasteiger partial charge in [-0.2, -0.15) is 0 Å². The van der Waals surface area contributed by atoms with Crippen molar-refractivity contribution in [2.75, 3.05) is 26.0 Å². The van der Waals surface area contributed by atoms with Crippen molar-refractivity contribution in [2.45, 2.75) is 27.3 Å². The van der Waals surface area contributed by atoms with Crippen LogP contribution in [0.2, 0.25) is 0 Å². The maximum Gasteiger partial charge on any atom is 0.274 e. The maximum atomic E-state index is 12.3. The topological polar surface area (TPSA) is 84.7 Å². The summed E-state index contributed by atoms with van der Waals surface area (Å²) in [6, 6.07) is 8.74. The number of carbonyl (C=O) groups excluding carboxylic acids is 1. The molecule has 144 valence electrons. The molecule has 0 fully saturated rings. The summed E-state index contributed by atoms with van der Waals surface area (Å²) in [6.07, 6.45) is 0. The molecule has 0 aromatic heterocycles. The third-order valence-corrected chi connectivity index (χ3v) is 4.37. The van der Waals surface area contributed by atoms with Crippen molar-refractivity contribution >= 4 is 17.3 Å². The number of anilines is 1. The Labute approximate surface area is 159 Å². The van der Waals surface area contributed by atoms with E-state index in [-0.39, 0.29) is 18.1 Å². The van der Waals surface area contributed by atoms with Crippen molar-refractivity contribution < 1.29 is 14.5 Å². The van der Waals surface area contributed by atoms with Crippen molar-refractivity contribution in [3.63, 3.8) is 0 Å². The zero-order valence-electron chi connectivity index (χ0n) is 16.3. The van der Waals surface area contributed by atoms with Crippen LogP contribution < -0.4 is 10.1 Å². The summed E-state index contributed by atoms with van der Waals surface area (Å²) in [5.74, 6) is 0.656. The van der Waals surface area contributed by atoms with Crippen LogP contribution in [-0.2, 0) is 11.3 Å². The van der Waals surface area contributed by atoms with E-state index < -0.39 is 4.92 Å². The molecule has 0 unspecified atom stereocenters. The minimum absolute atomic E-state index is 0.00895. The minimum atomic E-state index is -0.453. The lowest BCUT2D eigenvalue weighted by atomic mass is 10.1. The highest BCUT2D eigenvalue weighted by molar-refractivity contribution is 5.93. The van der Waals surface area contributed by atoms with Crippen LogP contribution in [0.3, 0.4) is 0 Å². The van der Waals surface area contributed by atoms with Gasteiger partial charge >= 0.3 is 0 Å². The molecule has 0 atom stereocenters. The number of nitrogens with zero attached hydrogens (tertiary/aromatic N) is 2. The Morgan fingerprint density at radius 2 is 1.85 bits per heavy atom. The Bertz CT molecular complexity index is 841. The van der Waals surface area contributed by atoms with E-state index in [0.717, 1.165) is 22.4 Å². The fourth-order valence-corrected chi connectivity index (χ4v) is 3.21. The number of methoxy groups -OCH3 is 1. The normalized spacial score (nSPS) is 10.7. The summed E-state index contributed by atoms with van der Waals surface area (Å²) < 4.78 is 5.38. The van der Waals surface area contributed by atoms with Crippen molar-refractivity contribution in [1.29, 1.82) is 0 Å². The standard InChI is InChI=1S/C20H25N3O4/c1-13-9-16(10-14(2)20(13)27-5)11-22(4)12-19(24)21-17-7-6-8-18(15(17)3)23(25)26/h6-10H,11-12H2,1-5H3,(H,21,24). The molecule has 2 aromatic rings. The van der Waals surface area contributed by atoms with Gasteiger partial charge in [0.15, 0.2) is 0 Å². The van der Waals surface area contributed by atoms with Crippen LogP contribution in [0.15, 0.2) is 30.3 Å². The largest absolute Gasteiger partial charge is 0.496 e. The van der Waals surface area contributed by atoms with Gasteiger partial charge < -0.3 is 10.1 Å². The number of amides is 1. The van der Waals surface area contributed by atoms with Crippen molar-refractivity contribution in [3.8, 4) is 5.75 Å². The second-order valence-corrected chi connectivity index (χ2v) is 6.69. The van der Waals surface area contributed by atoms with Gasteiger partial charge in [-0.25, -0.2) is 0 Å². The molecule has 0 aliphatic rings. The fraction of sp³-hybridized carbons (Fsp3) is 0.350. The number of nitro benzene ring substituents is 1. The predicted octanol–water partition coefficient (Wildman–Crippen LogP) is 3.60. The quantitative estimate of drug-likeness (QED) is 0.594. The average Bonchev–Trinajstić information content (AvgIpc) is 2.56. The van der Waals surface area contributed by atoms with Crippen LogP contribution in [0.4, 0.5) is 11.4 Å². The first-order chi connectivity index (χ1) is 12.7. The monoisotopic (exact) mass is 371 g/mol. The fourth-order valence-electron chi connectivity index (χ4n) is 3.21. The number of hydrogen-bond donors (Lipinski definition) is 1. The molecule has 0 radical (unpaired) electrons. The van der Waals surface area contributed by atoms with Crippen LogP contribution in [0, 0.1) is 30.9 Å². The first-order valence-electron chi connectivity index (χ1n) is 8.59. The minimum Gasteiger partial charge on any atom is -0.496 e. The number of benzene rings is 2. The van der Waals surface area contributed by atoms with E-state index in [1.54, 1.807) is 26.2 Å². The summed E-state index contributed by atoms with van der Waals surface area (Å²) >= 11 is 0. The number of rotatable bonds is 7. The Morgan fingerprint density at radius 3 is 2.41 bits per heavy atom. The lowest BCUT2D eigenvalue weighted by Gasteiger charge is -2.18. The van der Waals surface area contributed by atoms with Gasteiger partial charge in [-0.15, -0.1) is 0 Å². The lowest BCUT2D eigenvalue weighted by molar-refractivity contribution is -0.385. The highest BCUT2D eigenvalue weighted by Gasteiger charge is 2.16. The van der Waals surface area contributed by atoms with Gasteiger partial charge in [0, 0.05) is 12.6 Å². The van der Waals surface area contributed by atoms with Crippen molar-refractivity contribution in [2.24, 2.45) is 0 Å². The smallest absolute Gasteiger partial charge is 0.274 e. The van der Waals surface area contributed by atoms with Crippen LogP contribution in [0.1, 0.15) is 22.3 Å². The van der Waals surface area contributed by atoms with Gasteiger partial charge in [0.1, 0.15) is 5.75 Å². The molecule has 2 aromatic carbocycles. The Balaban J connectivity index is 2.02. The molecule has 0 aliphatic heterocycles. The average molecular weight is 371 g/mol. The van der Waals surface area contributed by atoms with Gasteiger partial charge in [0.2, 0.25) is 5.91 Å². The first kappa shape index (κ1) is 20.4. The van der Waals surface area contributed by atoms with Crippen LogP contribution in [0.5, 0.6) is 5.75 Å². The number of ether oxygens (including phenoxy) is 1. The predicted molar refractivity (Wildman–Crippen MR) is 105 cm³/mol. The molecule has 0 saturated carbocycles. The van der Waals surface area contributed by atoms with Crippen molar-refractivity contribution in [3.05, 3.63) is 62.7 Å². The molecule has 0 aliphatic carbocycles. The summed E-state index contributed by atoms with van der Waals surface area (Å²) in [4.78, 5) is 24.8. The second kappa shape index (κ2) is 8.64. The number of aryl methyl sites for hydroxylation is 2. The number of nitrogens with one attached hydrogen (secondary N) is 1. The van der Waals surface area contributed by atoms with E-state index in [1.807, 2.05) is 37.9 Å². The van der Waals surface area contributed by atoms with Gasteiger partial charge in [0.05, 0.1) is 29.8 Å². The number of hydrogen-bond acceptors (Lipinski definition) is 5. The Hall–Kier alpha value is -2.93. The molecule has 7 nitrogen and oxygen atoms in total. The molecule has 0 spiro atoms. The van der Waals surface area contributed by atoms with E-state index >= 15 is 0 Å². The molecule has 7 heteroatoms. The summed E-state index contributed by atoms with van der Waals surface area (Å²) in [5, 5.41) is 13.8. The molecule has 0 saturated heterocycles. The molecular formula is C20H25N3O4. The van der Waals surface area contributed by atoms with E-state index in [1.165, 1.54) is 6.07 Å². The highest BCUT2D eigenvalue weighted by atomic mass is 16.6. The zero-order valence-corrected chi connectivity index (χ0v) is 16.3. The van der Waals surface area contributed by atoms with Gasteiger partial charge in [0.25, 0.3) is 5.69 Å². The number of carbonyl (C=O) groups is 1. The number of likely N-dealkylation sites (N-methyl/N-ethyl adjacent to an activating group) is 1. The summed E-state index contributed by atoms with van der Waals surface area (Å²) in [5.41, 5.74) is 4.09. The van der Waals surface area contributed by atoms with E-state index in [2.05, 4.69) is 5.32 Å². The molecule has 27 heavy (non-hydrogen) atoms. The summed E-state index contributed by atoms with van der Waals surface area (Å²) in [7, 11) is 3.51. The van der Waals surface area contributed by atoms with Crippen LogP contribution in [-0.4, -0.2) is 36.4 Å². The lowest BCUT2D eigenvalue weighted by Crippen LogP contribution is -2.30. The van der Waals surface area contributed by atoms with Gasteiger partial charge in [-0.05, 0) is 50.6 Å². The van der Waals surface area contributed by atoms with Crippen molar-refractivity contribution in [1.82, 2.24) is 4.90 Å². The Kier molecular flexibility index (Phi) is 6.52. The first-order valence-corrected chi connectivity index (χ1v) is 8.59. The molecular weight excluding hydrogens is 346 g/mol. The Morgan fingerprint density at radius 1 is 1.22 bits per heavy atom. The van der Waals surface area contributed by atoms with E-state index in [0.29, 0.717) is 17.8 Å². The SMILES string of the molecule is COc1c(C)cc(CN(C)CC(=O)Nc2cccc([N+](=O)[O-])c2C)cc1C. The molecule has 2 rings (SSSR count). The maximum absolute atomic E-state index is 12.3. The highest BCUT2D eigenvalue weighted by Crippen LogP contribution is 2.26. The van der Waals surface area contributed by atoms with E-state index in [4.69, 9.17) is 4.74 Å². The summed E-state index contributed by atoms with van der Waals surface area (Å²) in [6.45, 7) is 6.39. The van der Waals surface area contributed by atoms with Crippen LogP contribution >= 0.6 is 0 Å². The zero-order chi connectivity index (χ0) is 20.1. The second-order valence-electron chi connectivity index (χ2n) is 6.69. The van der Waals surface area contributed by atoms with Gasteiger partial charge in [-0.3, -0.25) is 19.8 Å². The van der Waals surface area contributed by atoms with Gasteiger partial charge in [-0.1, -0.05) is 18.2 Å². The molecule has 1 amide bonds. The third kappa shape index (κ3) is 5.04. The molecule has 1 N–H and O–H groups in total. The third-order valence-electron chi connectivity index (χ3n) is 4.37. The number of nitro groups is 1. The molecule has 0 bridgehead atoms. The molecule has 0 heterocycles. The van der Waals surface area contributed by atoms with E-state index in [9.17, 15) is 14.9 Å².